The van der Waals surface area contributed by atoms with E-state index in [4.69, 9.17) is 16.6 Å². The van der Waals surface area contributed by atoms with Gasteiger partial charge in [-0.3, -0.25) is 4.57 Å². The van der Waals surface area contributed by atoms with Gasteiger partial charge < -0.3 is 0 Å². The number of nitrogens with zero attached hydrogens (tertiary/aromatic N) is 2. The van der Waals surface area contributed by atoms with Gasteiger partial charge >= 0.3 is 0 Å². The van der Waals surface area contributed by atoms with E-state index in [2.05, 4.69) is 58.6 Å². The SMILES string of the molecule is Cc1ccc(-n2c(CCCl)nc3ccc(Br)cc32)cc1C. The van der Waals surface area contributed by atoms with E-state index in [1.54, 1.807) is 0 Å². The van der Waals surface area contributed by atoms with Crippen LogP contribution in [0.5, 0.6) is 0 Å². The number of hydrogen-bond acceptors (Lipinski definition) is 1. The van der Waals surface area contributed by atoms with E-state index >= 15 is 0 Å². The first kappa shape index (κ1) is 14.6. The van der Waals surface area contributed by atoms with Crippen LogP contribution in [0.25, 0.3) is 16.7 Å². The molecule has 0 spiro atoms. The molecule has 1 heterocycles. The molecule has 108 valence electrons. The molecular weight excluding hydrogens is 348 g/mol. The van der Waals surface area contributed by atoms with Gasteiger partial charge in [-0.2, -0.15) is 0 Å². The lowest BCUT2D eigenvalue weighted by atomic mass is 10.1. The Morgan fingerprint density at radius 3 is 2.62 bits per heavy atom. The van der Waals surface area contributed by atoms with Crippen LogP contribution < -0.4 is 0 Å². The third-order valence-corrected chi connectivity index (χ3v) is 4.44. The zero-order valence-electron chi connectivity index (χ0n) is 12.0. The number of aromatic nitrogens is 2. The zero-order chi connectivity index (χ0) is 15.0. The van der Waals surface area contributed by atoms with E-state index in [0.29, 0.717) is 5.88 Å². The van der Waals surface area contributed by atoms with Gasteiger partial charge in [-0.15, -0.1) is 11.6 Å². The van der Waals surface area contributed by atoms with Gasteiger partial charge in [0.2, 0.25) is 0 Å². The van der Waals surface area contributed by atoms with Crippen molar-refractivity contribution in [2.45, 2.75) is 20.3 Å². The molecule has 3 aromatic rings. The van der Waals surface area contributed by atoms with E-state index in [0.717, 1.165) is 33.4 Å². The highest BCUT2D eigenvalue weighted by Gasteiger charge is 2.13. The number of imidazole rings is 1. The van der Waals surface area contributed by atoms with E-state index in [1.165, 1.54) is 11.1 Å². The number of rotatable bonds is 3. The number of benzene rings is 2. The summed E-state index contributed by atoms with van der Waals surface area (Å²) >= 11 is 9.49. The van der Waals surface area contributed by atoms with Crippen LogP contribution in [0.1, 0.15) is 17.0 Å². The first-order chi connectivity index (χ1) is 10.1. The maximum atomic E-state index is 5.95. The summed E-state index contributed by atoms with van der Waals surface area (Å²) in [5.74, 6) is 1.57. The number of alkyl halides is 1. The maximum Gasteiger partial charge on any atom is 0.115 e. The minimum atomic E-state index is 0.565. The lowest BCUT2D eigenvalue weighted by molar-refractivity contribution is 0.910. The molecule has 0 bridgehead atoms. The van der Waals surface area contributed by atoms with Crippen LogP contribution in [-0.2, 0) is 6.42 Å². The lowest BCUT2D eigenvalue weighted by Crippen LogP contribution is -2.03. The van der Waals surface area contributed by atoms with Gasteiger partial charge in [0.1, 0.15) is 5.82 Å². The average Bonchev–Trinajstić information content (AvgIpc) is 2.80. The fourth-order valence-corrected chi connectivity index (χ4v) is 3.02. The molecule has 0 fully saturated rings. The monoisotopic (exact) mass is 362 g/mol. The van der Waals surface area contributed by atoms with Crippen LogP contribution in [0.4, 0.5) is 0 Å². The minimum absolute atomic E-state index is 0.565. The minimum Gasteiger partial charge on any atom is -0.296 e. The quantitative estimate of drug-likeness (QED) is 0.586. The fourth-order valence-electron chi connectivity index (χ4n) is 2.50. The van der Waals surface area contributed by atoms with Crippen LogP contribution in [0, 0.1) is 13.8 Å². The summed E-state index contributed by atoms with van der Waals surface area (Å²) in [6, 6.07) is 12.7. The topological polar surface area (TPSA) is 17.8 Å². The predicted octanol–water partition coefficient (Wildman–Crippen LogP) is 5.19. The van der Waals surface area contributed by atoms with Gasteiger partial charge in [-0.05, 0) is 55.3 Å². The van der Waals surface area contributed by atoms with E-state index in [-0.39, 0.29) is 0 Å². The number of fused-ring (bicyclic) bond motifs is 1. The Morgan fingerprint density at radius 2 is 1.90 bits per heavy atom. The van der Waals surface area contributed by atoms with E-state index in [1.807, 2.05) is 12.1 Å². The maximum absolute atomic E-state index is 5.95. The fraction of sp³-hybridized carbons (Fsp3) is 0.235. The second-order valence-corrected chi connectivity index (χ2v) is 6.50. The third kappa shape index (κ3) is 2.72. The van der Waals surface area contributed by atoms with Crippen LogP contribution >= 0.6 is 27.5 Å². The van der Waals surface area contributed by atoms with Gasteiger partial charge in [0.05, 0.1) is 11.0 Å². The highest BCUT2D eigenvalue weighted by molar-refractivity contribution is 9.10. The van der Waals surface area contributed by atoms with Crippen LogP contribution in [0.15, 0.2) is 40.9 Å². The van der Waals surface area contributed by atoms with Crippen LogP contribution in [-0.4, -0.2) is 15.4 Å². The highest BCUT2D eigenvalue weighted by atomic mass is 79.9. The second kappa shape index (κ2) is 5.82. The Kier molecular flexibility index (Phi) is 4.05. The molecule has 3 rings (SSSR count). The van der Waals surface area contributed by atoms with Crippen molar-refractivity contribution in [3.8, 4) is 5.69 Å². The van der Waals surface area contributed by atoms with Gasteiger partial charge in [0.25, 0.3) is 0 Å². The Hall–Kier alpha value is -1.32. The molecular formula is C17H16BrClN2. The molecule has 0 saturated carbocycles. The van der Waals surface area contributed by atoms with E-state index in [9.17, 15) is 0 Å². The molecule has 0 atom stereocenters. The second-order valence-electron chi connectivity index (χ2n) is 5.20. The molecule has 4 heteroatoms. The van der Waals surface area contributed by atoms with Crippen molar-refractivity contribution in [1.82, 2.24) is 9.55 Å². The van der Waals surface area contributed by atoms with Crippen molar-refractivity contribution in [3.05, 3.63) is 57.8 Å². The average molecular weight is 364 g/mol. The smallest absolute Gasteiger partial charge is 0.115 e. The molecule has 21 heavy (non-hydrogen) atoms. The summed E-state index contributed by atoms with van der Waals surface area (Å²) in [5, 5.41) is 0. The van der Waals surface area contributed by atoms with E-state index < -0.39 is 0 Å². The van der Waals surface area contributed by atoms with Gasteiger partial charge in [-0.25, -0.2) is 4.98 Å². The van der Waals surface area contributed by atoms with Crippen molar-refractivity contribution < 1.29 is 0 Å². The Labute approximate surface area is 137 Å². The molecule has 0 aliphatic rings. The number of hydrogen-bond donors (Lipinski definition) is 0. The van der Waals surface area contributed by atoms with Crippen molar-refractivity contribution >= 4 is 38.6 Å². The first-order valence-electron chi connectivity index (χ1n) is 6.90. The standard InChI is InChI=1S/C17H16BrClN2/c1-11-3-5-14(9-12(11)2)21-16-10-13(18)4-6-15(16)20-17(21)7-8-19/h3-6,9-10H,7-8H2,1-2H3. The molecule has 0 amide bonds. The number of aryl methyl sites for hydroxylation is 3. The third-order valence-electron chi connectivity index (χ3n) is 3.75. The molecule has 0 aliphatic carbocycles. The summed E-state index contributed by atoms with van der Waals surface area (Å²) in [5.41, 5.74) is 5.81. The predicted molar refractivity (Wildman–Crippen MR) is 92.7 cm³/mol. The molecule has 0 unspecified atom stereocenters. The largest absolute Gasteiger partial charge is 0.296 e. The summed E-state index contributed by atoms with van der Waals surface area (Å²) in [7, 11) is 0. The Bertz CT molecular complexity index is 808. The van der Waals surface area contributed by atoms with Crippen molar-refractivity contribution in [3.63, 3.8) is 0 Å². The van der Waals surface area contributed by atoms with Crippen LogP contribution in [0.3, 0.4) is 0 Å². The molecule has 2 nitrogen and oxygen atoms in total. The number of halogens is 2. The summed E-state index contributed by atoms with van der Waals surface area (Å²) in [6.07, 6.45) is 0.751. The van der Waals surface area contributed by atoms with Gasteiger partial charge in [0.15, 0.2) is 0 Å². The normalized spacial score (nSPS) is 11.2. The highest BCUT2D eigenvalue weighted by Crippen LogP contribution is 2.26. The summed E-state index contributed by atoms with van der Waals surface area (Å²) < 4.78 is 3.26. The van der Waals surface area contributed by atoms with Crippen molar-refractivity contribution in [2.24, 2.45) is 0 Å². The Balaban J connectivity index is 2.29. The van der Waals surface area contributed by atoms with Crippen molar-refractivity contribution in [1.29, 1.82) is 0 Å². The van der Waals surface area contributed by atoms with Crippen molar-refractivity contribution in [2.75, 3.05) is 5.88 Å². The molecule has 0 radical (unpaired) electrons. The molecule has 0 aliphatic heterocycles. The van der Waals surface area contributed by atoms with Gasteiger partial charge in [-0.1, -0.05) is 22.0 Å². The van der Waals surface area contributed by atoms with Gasteiger partial charge in [0, 0.05) is 22.5 Å². The lowest BCUT2D eigenvalue weighted by Gasteiger charge is -2.11. The summed E-state index contributed by atoms with van der Waals surface area (Å²) in [4.78, 5) is 4.73. The Morgan fingerprint density at radius 1 is 1.10 bits per heavy atom. The summed E-state index contributed by atoms with van der Waals surface area (Å²) in [6.45, 7) is 4.26. The first-order valence-corrected chi connectivity index (χ1v) is 8.23. The molecule has 0 N–H and O–H groups in total. The molecule has 0 saturated heterocycles. The molecule has 2 aromatic carbocycles. The molecule has 1 aromatic heterocycles. The van der Waals surface area contributed by atoms with Crippen LogP contribution in [0.2, 0.25) is 0 Å². The zero-order valence-corrected chi connectivity index (χ0v) is 14.4.